The van der Waals surface area contributed by atoms with Crippen molar-refractivity contribution in [3.8, 4) is 11.3 Å². The van der Waals surface area contributed by atoms with Crippen molar-refractivity contribution in [3.63, 3.8) is 0 Å². The van der Waals surface area contributed by atoms with E-state index in [1.807, 2.05) is 18.3 Å². The first kappa shape index (κ1) is 19.4. The molecule has 32 heavy (non-hydrogen) atoms. The zero-order chi connectivity index (χ0) is 22.0. The van der Waals surface area contributed by atoms with Crippen molar-refractivity contribution in [2.75, 3.05) is 30.9 Å². The van der Waals surface area contributed by atoms with Crippen molar-refractivity contribution < 1.29 is 13.5 Å². The van der Waals surface area contributed by atoms with Gasteiger partial charge in [-0.1, -0.05) is 0 Å². The quantitative estimate of drug-likeness (QED) is 0.476. The lowest BCUT2D eigenvalue weighted by Gasteiger charge is -2.11. The second-order valence-corrected chi connectivity index (χ2v) is 8.29. The zero-order valence-electron chi connectivity index (χ0n) is 17.6. The van der Waals surface area contributed by atoms with Gasteiger partial charge in [0.25, 0.3) is 6.43 Å². The second kappa shape index (κ2) is 7.09. The van der Waals surface area contributed by atoms with Gasteiger partial charge in [-0.05, 0) is 25.1 Å². The molecule has 0 aromatic carbocycles. The summed E-state index contributed by atoms with van der Waals surface area (Å²) in [6.45, 7) is 2.84. The van der Waals surface area contributed by atoms with Crippen LogP contribution in [0.2, 0.25) is 0 Å². The number of halogens is 2. The van der Waals surface area contributed by atoms with Crippen LogP contribution in [0.15, 0.2) is 24.4 Å². The Hall–Kier alpha value is -3.34. The topological polar surface area (TPSA) is 94.2 Å². The summed E-state index contributed by atoms with van der Waals surface area (Å²) in [6.07, 6.45) is -0.636. The summed E-state index contributed by atoms with van der Waals surface area (Å²) >= 11 is 0. The van der Waals surface area contributed by atoms with Crippen molar-refractivity contribution in [2.24, 2.45) is 11.8 Å². The Kier molecular flexibility index (Phi) is 4.29. The number of alkyl halides is 2. The Bertz CT molecular complexity index is 1320. The van der Waals surface area contributed by atoms with E-state index >= 15 is 0 Å². The molecule has 2 N–H and O–H groups in total. The number of aryl methyl sites for hydroxylation is 1. The molecule has 9 nitrogen and oxygen atoms in total. The number of anilines is 2. The molecule has 4 aromatic rings. The van der Waals surface area contributed by atoms with Crippen LogP contribution < -0.4 is 10.6 Å². The summed E-state index contributed by atoms with van der Waals surface area (Å²) < 4.78 is 34.8. The summed E-state index contributed by atoms with van der Waals surface area (Å²) in [5.74, 6) is 2.79. The third-order valence-corrected chi connectivity index (χ3v) is 6.38. The molecule has 0 spiro atoms. The number of pyridine rings is 1. The molecule has 1 saturated carbocycles. The number of hydrogen-bond acceptors (Lipinski definition) is 7. The van der Waals surface area contributed by atoms with Crippen LogP contribution >= 0.6 is 0 Å². The van der Waals surface area contributed by atoms with Crippen molar-refractivity contribution >= 4 is 28.4 Å². The fourth-order valence-corrected chi connectivity index (χ4v) is 4.69. The molecule has 1 unspecified atom stereocenters. The molecule has 2 aliphatic rings. The number of nitrogens with one attached hydrogen (secondary N) is 2. The van der Waals surface area contributed by atoms with E-state index in [0.717, 1.165) is 24.3 Å². The molecular weight excluding hydrogens is 418 g/mol. The van der Waals surface area contributed by atoms with Gasteiger partial charge in [-0.2, -0.15) is 4.98 Å². The summed E-state index contributed by atoms with van der Waals surface area (Å²) in [7, 11) is 1.81. The fraction of sp³-hybridized carbons (Fsp3) is 0.429. The number of rotatable bonds is 6. The lowest BCUT2D eigenvalue weighted by molar-refractivity contribution is 0.127. The molecule has 1 aliphatic heterocycles. The molecule has 5 heterocycles. The highest BCUT2D eigenvalue weighted by Gasteiger charge is 2.54. The first-order valence-corrected chi connectivity index (χ1v) is 10.6. The summed E-state index contributed by atoms with van der Waals surface area (Å²) in [5, 5.41) is 11.2. The van der Waals surface area contributed by atoms with Crippen molar-refractivity contribution in [2.45, 2.75) is 25.9 Å². The number of nitrogens with zero attached hydrogens (tertiary/aromatic N) is 6. The van der Waals surface area contributed by atoms with Gasteiger partial charge in [0.1, 0.15) is 16.9 Å². The Labute approximate surface area is 181 Å². The molecule has 0 bridgehead atoms. The van der Waals surface area contributed by atoms with Gasteiger partial charge in [0.05, 0.1) is 25.5 Å². The highest BCUT2D eigenvalue weighted by Crippen LogP contribution is 2.45. The van der Waals surface area contributed by atoms with Gasteiger partial charge in [-0.3, -0.25) is 0 Å². The molecule has 0 amide bonds. The third-order valence-electron chi connectivity index (χ3n) is 6.38. The van der Waals surface area contributed by atoms with E-state index < -0.39 is 13.0 Å². The smallest absolute Gasteiger partial charge is 0.256 e. The minimum absolute atomic E-state index is 0.350. The van der Waals surface area contributed by atoms with Gasteiger partial charge < -0.3 is 19.9 Å². The fourth-order valence-electron chi connectivity index (χ4n) is 4.69. The number of hydrogen-bond donors (Lipinski definition) is 2. The average molecular weight is 440 g/mol. The van der Waals surface area contributed by atoms with Crippen LogP contribution in [0.3, 0.4) is 0 Å². The Morgan fingerprint density at radius 3 is 2.72 bits per heavy atom. The number of aromatic nitrogens is 6. The van der Waals surface area contributed by atoms with Gasteiger partial charge in [-0.15, -0.1) is 5.10 Å². The summed E-state index contributed by atoms with van der Waals surface area (Å²) in [6, 6.07) is 5.90. The molecule has 6 rings (SSSR count). The molecule has 1 saturated heterocycles. The Balaban J connectivity index is 1.40. The molecule has 3 atom stereocenters. The summed E-state index contributed by atoms with van der Waals surface area (Å²) in [5.41, 5.74) is 3.24. The van der Waals surface area contributed by atoms with Crippen LogP contribution in [0.5, 0.6) is 0 Å². The number of ether oxygens (including phenoxy) is 1. The largest absolute Gasteiger partial charge is 0.381 e. The minimum atomic E-state index is -2.49. The summed E-state index contributed by atoms with van der Waals surface area (Å²) in [4.78, 5) is 13.7. The van der Waals surface area contributed by atoms with E-state index in [0.29, 0.717) is 52.3 Å². The van der Waals surface area contributed by atoms with Gasteiger partial charge in [0, 0.05) is 36.7 Å². The van der Waals surface area contributed by atoms with Crippen LogP contribution in [-0.4, -0.2) is 61.9 Å². The van der Waals surface area contributed by atoms with Crippen molar-refractivity contribution in [3.05, 3.63) is 30.2 Å². The number of imidazole rings is 1. The monoisotopic (exact) mass is 440 g/mol. The van der Waals surface area contributed by atoms with Crippen LogP contribution in [0, 0.1) is 18.8 Å². The Morgan fingerprint density at radius 1 is 1.16 bits per heavy atom. The standard InChI is InChI=1S/C21H22F2N8O/c1-10-25-15-4-3-14(26-20(15)30(10)7-16(22)23)11-5-6-31-18(11)19(24-2)28-21(29-31)27-17-12-8-32-9-13(12)17/h3-6,12-13,16-17H,7-9H2,1-2H3,(H2,24,27,28,29)/t12-,13+,17?. The van der Waals surface area contributed by atoms with Crippen molar-refractivity contribution in [1.29, 1.82) is 0 Å². The highest BCUT2D eigenvalue weighted by atomic mass is 19.3. The molecule has 1 aliphatic carbocycles. The maximum Gasteiger partial charge on any atom is 0.256 e. The van der Waals surface area contributed by atoms with Gasteiger partial charge in [0.15, 0.2) is 11.5 Å². The molecular formula is C21H22F2N8O. The van der Waals surface area contributed by atoms with E-state index in [1.165, 1.54) is 4.57 Å². The molecule has 11 heteroatoms. The van der Waals surface area contributed by atoms with E-state index in [9.17, 15) is 8.78 Å². The van der Waals surface area contributed by atoms with Gasteiger partial charge in [0.2, 0.25) is 5.95 Å². The lowest BCUT2D eigenvalue weighted by Crippen LogP contribution is -2.16. The van der Waals surface area contributed by atoms with E-state index in [4.69, 9.17) is 4.74 Å². The van der Waals surface area contributed by atoms with Crippen LogP contribution in [-0.2, 0) is 11.3 Å². The van der Waals surface area contributed by atoms with Crippen molar-refractivity contribution in [1.82, 2.24) is 29.1 Å². The van der Waals surface area contributed by atoms with Crippen LogP contribution in [0.25, 0.3) is 27.9 Å². The third kappa shape index (κ3) is 2.99. The predicted octanol–water partition coefficient (Wildman–Crippen LogP) is 2.81. The SMILES string of the molecule is CNc1nc(NC2[C@H]3COC[C@@H]23)nn2ccc(-c3ccc4nc(C)n(CC(F)F)c4n3)c12. The highest BCUT2D eigenvalue weighted by molar-refractivity contribution is 5.89. The maximum absolute atomic E-state index is 13.1. The molecule has 2 fully saturated rings. The average Bonchev–Trinajstić information content (AvgIpc) is 3.19. The first-order valence-electron chi connectivity index (χ1n) is 10.6. The molecule has 4 aromatic heterocycles. The van der Waals surface area contributed by atoms with Gasteiger partial charge >= 0.3 is 0 Å². The lowest BCUT2D eigenvalue weighted by atomic mass is 10.2. The van der Waals surface area contributed by atoms with Crippen LogP contribution in [0.1, 0.15) is 5.82 Å². The Morgan fingerprint density at radius 2 is 1.97 bits per heavy atom. The van der Waals surface area contributed by atoms with Crippen LogP contribution in [0.4, 0.5) is 20.5 Å². The van der Waals surface area contributed by atoms with E-state index in [2.05, 4.69) is 30.7 Å². The molecule has 166 valence electrons. The zero-order valence-corrected chi connectivity index (χ0v) is 17.6. The second-order valence-electron chi connectivity index (χ2n) is 8.29. The van der Waals surface area contributed by atoms with E-state index in [1.54, 1.807) is 24.6 Å². The number of fused-ring (bicyclic) bond motifs is 3. The normalized spacial score (nSPS) is 22.1. The first-order chi connectivity index (χ1) is 15.5. The van der Waals surface area contributed by atoms with E-state index in [-0.39, 0.29) is 0 Å². The maximum atomic E-state index is 13.1. The minimum Gasteiger partial charge on any atom is -0.381 e. The predicted molar refractivity (Wildman–Crippen MR) is 115 cm³/mol. The molecule has 0 radical (unpaired) electrons. The van der Waals surface area contributed by atoms with Gasteiger partial charge in [-0.25, -0.2) is 23.3 Å².